The molecule has 0 saturated carbocycles. The molecule has 1 fully saturated rings. The summed E-state index contributed by atoms with van der Waals surface area (Å²) in [5.41, 5.74) is 10.8. The molecule has 6 heteroatoms. The van der Waals surface area contributed by atoms with Gasteiger partial charge in [0.2, 0.25) is 11.8 Å². The van der Waals surface area contributed by atoms with Gasteiger partial charge in [0, 0.05) is 13.1 Å². The highest BCUT2D eigenvalue weighted by atomic mass is 35.5. The topological polar surface area (TPSA) is 89.4 Å². The SMILES string of the molecule is CC1(C)CCCN(C(=O)C(N)CC(N)=O)C1.Cl. The molecule has 2 amide bonds. The predicted molar refractivity (Wildman–Crippen MR) is 68.6 cm³/mol. The maximum Gasteiger partial charge on any atom is 0.240 e. The van der Waals surface area contributed by atoms with Crippen LogP contribution in [-0.4, -0.2) is 35.8 Å². The number of rotatable bonds is 3. The third kappa shape index (κ3) is 4.91. The molecule has 1 unspecified atom stereocenters. The van der Waals surface area contributed by atoms with E-state index in [1.807, 2.05) is 0 Å². The monoisotopic (exact) mass is 263 g/mol. The van der Waals surface area contributed by atoms with Crippen LogP contribution in [0.5, 0.6) is 0 Å². The van der Waals surface area contributed by atoms with Gasteiger partial charge in [-0.25, -0.2) is 0 Å². The van der Waals surface area contributed by atoms with Gasteiger partial charge < -0.3 is 16.4 Å². The van der Waals surface area contributed by atoms with Crippen LogP contribution in [0.4, 0.5) is 0 Å². The minimum absolute atomic E-state index is 0. The summed E-state index contributed by atoms with van der Waals surface area (Å²) in [6.07, 6.45) is 2.03. The first-order valence-corrected chi connectivity index (χ1v) is 5.64. The summed E-state index contributed by atoms with van der Waals surface area (Å²) in [5.74, 6) is -0.691. The van der Waals surface area contributed by atoms with E-state index in [0.29, 0.717) is 6.54 Å². The van der Waals surface area contributed by atoms with Gasteiger partial charge in [-0.1, -0.05) is 13.8 Å². The highest BCUT2D eigenvalue weighted by Gasteiger charge is 2.31. The molecule has 0 aromatic heterocycles. The smallest absolute Gasteiger partial charge is 0.240 e. The second-order valence-corrected chi connectivity index (χ2v) is 5.30. The van der Waals surface area contributed by atoms with Gasteiger partial charge >= 0.3 is 0 Å². The normalized spacial score (nSPS) is 20.3. The molecule has 1 atom stereocenters. The number of piperidine rings is 1. The molecule has 17 heavy (non-hydrogen) atoms. The van der Waals surface area contributed by atoms with Crippen LogP contribution in [0, 0.1) is 5.41 Å². The molecule has 1 aliphatic rings. The Morgan fingerprint density at radius 1 is 1.41 bits per heavy atom. The van der Waals surface area contributed by atoms with Crippen LogP contribution in [-0.2, 0) is 9.59 Å². The Labute approximate surface area is 108 Å². The zero-order valence-electron chi connectivity index (χ0n) is 10.4. The van der Waals surface area contributed by atoms with Crippen molar-refractivity contribution in [1.82, 2.24) is 4.90 Å². The van der Waals surface area contributed by atoms with Gasteiger partial charge in [-0.3, -0.25) is 9.59 Å². The number of halogens is 1. The average Bonchev–Trinajstić information content (AvgIpc) is 2.13. The Hall–Kier alpha value is -0.810. The zero-order valence-corrected chi connectivity index (χ0v) is 11.3. The molecule has 0 radical (unpaired) electrons. The van der Waals surface area contributed by atoms with Crippen LogP contribution in [0.25, 0.3) is 0 Å². The first-order valence-electron chi connectivity index (χ1n) is 5.64. The number of hydrogen-bond donors (Lipinski definition) is 2. The molecule has 0 aromatic rings. The van der Waals surface area contributed by atoms with Crippen LogP contribution in [0.2, 0.25) is 0 Å². The quantitative estimate of drug-likeness (QED) is 0.765. The summed E-state index contributed by atoms with van der Waals surface area (Å²) < 4.78 is 0. The molecule has 5 nitrogen and oxygen atoms in total. The van der Waals surface area contributed by atoms with Crippen LogP contribution in [0.3, 0.4) is 0 Å². The van der Waals surface area contributed by atoms with Crippen molar-refractivity contribution in [1.29, 1.82) is 0 Å². The van der Waals surface area contributed by atoms with E-state index >= 15 is 0 Å². The average molecular weight is 264 g/mol. The van der Waals surface area contributed by atoms with Crippen LogP contribution >= 0.6 is 12.4 Å². The summed E-state index contributed by atoms with van der Waals surface area (Å²) in [7, 11) is 0. The molecule has 1 aliphatic heterocycles. The number of amides is 2. The molecule has 0 spiro atoms. The van der Waals surface area contributed by atoms with Crippen molar-refractivity contribution < 1.29 is 9.59 Å². The minimum Gasteiger partial charge on any atom is -0.370 e. The van der Waals surface area contributed by atoms with Crippen LogP contribution in [0.15, 0.2) is 0 Å². The largest absolute Gasteiger partial charge is 0.370 e. The number of carbonyl (C=O) groups is 2. The van der Waals surface area contributed by atoms with Gasteiger partial charge in [0.05, 0.1) is 12.5 Å². The Bertz CT molecular complexity index is 294. The first-order chi connectivity index (χ1) is 7.32. The van der Waals surface area contributed by atoms with Gasteiger partial charge in [-0.15, -0.1) is 12.4 Å². The molecule has 0 aliphatic carbocycles. The predicted octanol–water partition coefficient (Wildman–Crippen LogP) is 0.260. The summed E-state index contributed by atoms with van der Waals surface area (Å²) in [4.78, 5) is 24.4. The van der Waals surface area contributed by atoms with Gasteiger partial charge in [-0.05, 0) is 18.3 Å². The number of hydrogen-bond acceptors (Lipinski definition) is 3. The molecule has 1 saturated heterocycles. The number of primary amides is 1. The van der Waals surface area contributed by atoms with Gasteiger partial charge in [0.15, 0.2) is 0 Å². The van der Waals surface area contributed by atoms with E-state index in [1.165, 1.54) is 0 Å². The maximum absolute atomic E-state index is 11.9. The lowest BCUT2D eigenvalue weighted by atomic mass is 9.84. The lowest BCUT2D eigenvalue weighted by Crippen LogP contribution is -2.51. The van der Waals surface area contributed by atoms with E-state index in [9.17, 15) is 9.59 Å². The van der Waals surface area contributed by atoms with Crippen molar-refractivity contribution in [2.75, 3.05) is 13.1 Å². The zero-order chi connectivity index (χ0) is 12.3. The van der Waals surface area contributed by atoms with Gasteiger partial charge in [0.1, 0.15) is 0 Å². The Morgan fingerprint density at radius 3 is 2.47 bits per heavy atom. The van der Waals surface area contributed by atoms with Crippen molar-refractivity contribution in [3.05, 3.63) is 0 Å². The lowest BCUT2D eigenvalue weighted by molar-refractivity contribution is -0.137. The van der Waals surface area contributed by atoms with Crippen molar-refractivity contribution >= 4 is 24.2 Å². The van der Waals surface area contributed by atoms with Gasteiger partial charge in [-0.2, -0.15) is 0 Å². The molecule has 0 bridgehead atoms. The summed E-state index contributed by atoms with van der Waals surface area (Å²) in [6, 6.07) is -0.786. The van der Waals surface area contributed by atoms with Crippen LogP contribution < -0.4 is 11.5 Å². The van der Waals surface area contributed by atoms with Crippen molar-refractivity contribution in [2.24, 2.45) is 16.9 Å². The third-order valence-electron chi connectivity index (χ3n) is 2.95. The number of nitrogens with zero attached hydrogens (tertiary/aromatic N) is 1. The number of carbonyl (C=O) groups excluding carboxylic acids is 2. The molecular formula is C11H22ClN3O2. The molecule has 0 aromatic carbocycles. The van der Waals surface area contributed by atoms with Crippen LogP contribution in [0.1, 0.15) is 33.1 Å². The van der Waals surface area contributed by atoms with Crippen molar-refractivity contribution in [3.8, 4) is 0 Å². The molecule has 1 rings (SSSR count). The first kappa shape index (κ1) is 16.2. The Morgan fingerprint density at radius 2 is 2.00 bits per heavy atom. The summed E-state index contributed by atoms with van der Waals surface area (Å²) >= 11 is 0. The molecular weight excluding hydrogens is 242 g/mol. The fourth-order valence-corrected chi connectivity index (χ4v) is 2.15. The van der Waals surface area contributed by atoms with Crippen molar-refractivity contribution in [3.63, 3.8) is 0 Å². The minimum atomic E-state index is -0.786. The Balaban J connectivity index is 0.00000256. The van der Waals surface area contributed by atoms with E-state index in [2.05, 4.69) is 13.8 Å². The highest BCUT2D eigenvalue weighted by Crippen LogP contribution is 2.28. The summed E-state index contributed by atoms with van der Waals surface area (Å²) in [6.45, 7) is 5.70. The fourth-order valence-electron chi connectivity index (χ4n) is 2.15. The lowest BCUT2D eigenvalue weighted by Gasteiger charge is -2.39. The number of likely N-dealkylation sites (tertiary alicyclic amines) is 1. The van der Waals surface area contributed by atoms with E-state index in [1.54, 1.807) is 4.90 Å². The molecule has 100 valence electrons. The summed E-state index contributed by atoms with van der Waals surface area (Å²) in [5, 5.41) is 0. The second kappa shape index (κ2) is 6.21. The van der Waals surface area contributed by atoms with Crippen molar-refractivity contribution in [2.45, 2.75) is 39.2 Å². The van der Waals surface area contributed by atoms with E-state index in [0.717, 1.165) is 19.4 Å². The second-order valence-electron chi connectivity index (χ2n) is 5.30. The van der Waals surface area contributed by atoms with E-state index < -0.39 is 11.9 Å². The molecule has 1 heterocycles. The van der Waals surface area contributed by atoms with Gasteiger partial charge in [0.25, 0.3) is 0 Å². The standard InChI is InChI=1S/C11H21N3O2.ClH/c1-11(2)4-3-5-14(7-11)10(16)8(12)6-9(13)15;/h8H,3-7,12H2,1-2H3,(H2,13,15);1H. The van der Waals surface area contributed by atoms with E-state index in [4.69, 9.17) is 11.5 Å². The fraction of sp³-hybridized carbons (Fsp3) is 0.818. The number of nitrogens with two attached hydrogens (primary N) is 2. The van der Waals surface area contributed by atoms with E-state index in [-0.39, 0.29) is 30.2 Å². The third-order valence-corrected chi connectivity index (χ3v) is 2.95. The maximum atomic E-state index is 11.9. The molecule has 4 N–H and O–H groups in total. The highest BCUT2D eigenvalue weighted by molar-refractivity contribution is 5.87. The Kier molecular flexibility index (Phi) is 5.92.